The third-order valence-electron chi connectivity index (χ3n) is 3.07. The van der Waals surface area contributed by atoms with Crippen LogP contribution in [-0.4, -0.2) is 29.5 Å². The van der Waals surface area contributed by atoms with Gasteiger partial charge in [-0.05, 0) is 12.8 Å². The highest BCUT2D eigenvalue weighted by Crippen LogP contribution is 2.21. The van der Waals surface area contributed by atoms with E-state index in [1.54, 1.807) is 6.20 Å². The Morgan fingerprint density at radius 3 is 3.12 bits per heavy atom. The van der Waals surface area contributed by atoms with Crippen LogP contribution in [0.25, 0.3) is 10.8 Å². The minimum absolute atomic E-state index is 0.351. The van der Waals surface area contributed by atoms with Crippen molar-refractivity contribution in [1.82, 2.24) is 10.2 Å². The van der Waals surface area contributed by atoms with Gasteiger partial charge < -0.3 is 10.1 Å². The van der Waals surface area contributed by atoms with Crippen LogP contribution in [0.15, 0.2) is 30.5 Å². The number of anilines is 1. The summed E-state index contributed by atoms with van der Waals surface area (Å²) in [6.45, 7) is 1.63. The van der Waals surface area contributed by atoms with E-state index in [1.807, 2.05) is 18.2 Å². The van der Waals surface area contributed by atoms with Crippen molar-refractivity contribution < 1.29 is 4.74 Å². The molecular formula is C13H15N3O. The summed E-state index contributed by atoms with van der Waals surface area (Å²) in [6, 6.07) is 8.50. The van der Waals surface area contributed by atoms with Crippen LogP contribution in [-0.2, 0) is 4.74 Å². The van der Waals surface area contributed by atoms with Crippen molar-refractivity contribution in [3.05, 3.63) is 30.5 Å². The fourth-order valence-electron chi connectivity index (χ4n) is 2.18. The fourth-order valence-corrected chi connectivity index (χ4v) is 2.18. The Morgan fingerprint density at radius 1 is 1.29 bits per heavy atom. The molecule has 0 saturated carbocycles. The van der Waals surface area contributed by atoms with Crippen molar-refractivity contribution in [2.24, 2.45) is 0 Å². The Kier molecular flexibility index (Phi) is 2.88. The molecule has 1 aromatic carbocycles. The topological polar surface area (TPSA) is 47.0 Å². The maximum absolute atomic E-state index is 5.46. The van der Waals surface area contributed by atoms with Crippen LogP contribution >= 0.6 is 0 Å². The van der Waals surface area contributed by atoms with Gasteiger partial charge in [0.05, 0.1) is 18.8 Å². The van der Waals surface area contributed by atoms with Crippen LogP contribution in [0.2, 0.25) is 0 Å². The monoisotopic (exact) mass is 229 g/mol. The van der Waals surface area contributed by atoms with E-state index in [2.05, 4.69) is 21.6 Å². The van der Waals surface area contributed by atoms with Crippen LogP contribution in [0, 0.1) is 0 Å². The van der Waals surface area contributed by atoms with Gasteiger partial charge in [0.25, 0.3) is 0 Å². The molecule has 1 aliphatic rings. The van der Waals surface area contributed by atoms with Gasteiger partial charge in [0, 0.05) is 17.4 Å². The van der Waals surface area contributed by atoms with Gasteiger partial charge in [-0.1, -0.05) is 24.3 Å². The second-order valence-electron chi connectivity index (χ2n) is 4.34. The SMILES string of the molecule is c1ccc2c(NC3CCCOC3)nncc2c1. The molecule has 1 N–H and O–H groups in total. The Morgan fingerprint density at radius 2 is 2.24 bits per heavy atom. The summed E-state index contributed by atoms with van der Waals surface area (Å²) >= 11 is 0. The molecule has 88 valence electrons. The number of hydrogen-bond donors (Lipinski definition) is 1. The van der Waals surface area contributed by atoms with E-state index in [4.69, 9.17) is 4.74 Å². The van der Waals surface area contributed by atoms with Gasteiger partial charge >= 0.3 is 0 Å². The van der Waals surface area contributed by atoms with E-state index < -0.39 is 0 Å². The molecular weight excluding hydrogens is 214 g/mol. The maximum atomic E-state index is 5.46. The van der Waals surface area contributed by atoms with Gasteiger partial charge in [-0.3, -0.25) is 0 Å². The van der Waals surface area contributed by atoms with E-state index in [0.717, 1.165) is 42.6 Å². The lowest BCUT2D eigenvalue weighted by Gasteiger charge is -2.23. The van der Waals surface area contributed by atoms with E-state index in [9.17, 15) is 0 Å². The van der Waals surface area contributed by atoms with E-state index in [0.29, 0.717) is 6.04 Å². The van der Waals surface area contributed by atoms with E-state index in [1.165, 1.54) is 0 Å². The first-order chi connectivity index (χ1) is 8.43. The van der Waals surface area contributed by atoms with Gasteiger partial charge in [-0.15, -0.1) is 5.10 Å². The van der Waals surface area contributed by atoms with Crippen LogP contribution in [0.5, 0.6) is 0 Å². The van der Waals surface area contributed by atoms with Crippen LogP contribution in [0.4, 0.5) is 5.82 Å². The lowest BCUT2D eigenvalue weighted by molar-refractivity contribution is 0.0875. The Labute approximate surface area is 100 Å². The van der Waals surface area contributed by atoms with Crippen molar-refractivity contribution in [2.75, 3.05) is 18.5 Å². The Hall–Kier alpha value is -1.68. The van der Waals surface area contributed by atoms with E-state index in [-0.39, 0.29) is 0 Å². The summed E-state index contributed by atoms with van der Waals surface area (Å²) < 4.78 is 5.46. The summed E-state index contributed by atoms with van der Waals surface area (Å²) in [7, 11) is 0. The number of fused-ring (bicyclic) bond motifs is 1. The Balaban J connectivity index is 1.89. The predicted molar refractivity (Wildman–Crippen MR) is 67.0 cm³/mol. The zero-order chi connectivity index (χ0) is 11.5. The number of benzene rings is 1. The molecule has 1 saturated heterocycles. The zero-order valence-electron chi connectivity index (χ0n) is 9.60. The summed E-state index contributed by atoms with van der Waals surface area (Å²) in [5, 5.41) is 13.9. The normalized spacial score (nSPS) is 20.4. The highest BCUT2D eigenvalue weighted by Gasteiger charge is 2.15. The molecule has 0 aliphatic carbocycles. The highest BCUT2D eigenvalue weighted by atomic mass is 16.5. The number of aromatic nitrogens is 2. The van der Waals surface area contributed by atoms with Crippen molar-refractivity contribution >= 4 is 16.6 Å². The second-order valence-corrected chi connectivity index (χ2v) is 4.34. The van der Waals surface area contributed by atoms with Gasteiger partial charge in [0.2, 0.25) is 0 Å². The molecule has 4 heteroatoms. The molecule has 17 heavy (non-hydrogen) atoms. The molecule has 1 aliphatic heterocycles. The van der Waals surface area contributed by atoms with Gasteiger partial charge in [0.15, 0.2) is 5.82 Å². The molecule has 0 bridgehead atoms. The standard InChI is InChI=1S/C13H15N3O/c1-2-6-12-10(4-1)8-14-16-13(12)15-11-5-3-7-17-9-11/h1-2,4,6,8,11H,3,5,7,9H2,(H,15,16). The molecule has 2 aromatic rings. The van der Waals surface area contributed by atoms with E-state index >= 15 is 0 Å². The number of nitrogens with one attached hydrogen (secondary N) is 1. The molecule has 1 atom stereocenters. The third-order valence-corrected chi connectivity index (χ3v) is 3.07. The minimum atomic E-state index is 0.351. The first-order valence-electron chi connectivity index (χ1n) is 5.98. The Bertz CT molecular complexity index is 503. The molecule has 0 amide bonds. The van der Waals surface area contributed by atoms with Crippen LogP contribution in [0.1, 0.15) is 12.8 Å². The number of nitrogens with zero attached hydrogens (tertiary/aromatic N) is 2. The summed E-state index contributed by atoms with van der Waals surface area (Å²) in [6.07, 6.45) is 4.03. The first-order valence-corrected chi connectivity index (χ1v) is 5.98. The molecule has 0 spiro atoms. The molecule has 1 unspecified atom stereocenters. The number of hydrogen-bond acceptors (Lipinski definition) is 4. The highest BCUT2D eigenvalue weighted by molar-refractivity contribution is 5.90. The number of rotatable bonds is 2. The summed E-state index contributed by atoms with van der Waals surface area (Å²) in [5.74, 6) is 0.860. The van der Waals surface area contributed by atoms with Crippen LogP contribution < -0.4 is 5.32 Å². The van der Waals surface area contributed by atoms with Gasteiger partial charge in [-0.25, -0.2) is 0 Å². The second kappa shape index (κ2) is 4.67. The number of ether oxygens (including phenoxy) is 1. The average molecular weight is 229 g/mol. The van der Waals surface area contributed by atoms with Gasteiger partial charge in [-0.2, -0.15) is 5.10 Å². The molecule has 1 aromatic heterocycles. The van der Waals surface area contributed by atoms with Crippen molar-refractivity contribution in [1.29, 1.82) is 0 Å². The quantitative estimate of drug-likeness (QED) is 0.857. The molecule has 3 rings (SSSR count). The first kappa shape index (κ1) is 10.5. The largest absolute Gasteiger partial charge is 0.379 e. The maximum Gasteiger partial charge on any atom is 0.156 e. The summed E-state index contributed by atoms with van der Waals surface area (Å²) in [5.41, 5.74) is 0. The summed E-state index contributed by atoms with van der Waals surface area (Å²) in [4.78, 5) is 0. The predicted octanol–water partition coefficient (Wildman–Crippen LogP) is 2.22. The fraction of sp³-hybridized carbons (Fsp3) is 0.385. The molecule has 4 nitrogen and oxygen atoms in total. The lowest BCUT2D eigenvalue weighted by Crippen LogP contribution is -2.30. The van der Waals surface area contributed by atoms with Crippen molar-refractivity contribution in [2.45, 2.75) is 18.9 Å². The minimum Gasteiger partial charge on any atom is -0.379 e. The lowest BCUT2D eigenvalue weighted by atomic mass is 10.1. The molecule has 0 radical (unpaired) electrons. The molecule has 1 fully saturated rings. The third kappa shape index (κ3) is 2.22. The van der Waals surface area contributed by atoms with Crippen molar-refractivity contribution in [3.8, 4) is 0 Å². The zero-order valence-corrected chi connectivity index (χ0v) is 9.60. The molecule has 2 heterocycles. The average Bonchev–Trinajstić information content (AvgIpc) is 2.40. The van der Waals surface area contributed by atoms with Crippen molar-refractivity contribution in [3.63, 3.8) is 0 Å². The van der Waals surface area contributed by atoms with Gasteiger partial charge in [0.1, 0.15) is 0 Å². The van der Waals surface area contributed by atoms with Crippen LogP contribution in [0.3, 0.4) is 0 Å². The smallest absolute Gasteiger partial charge is 0.156 e.